The highest BCUT2D eigenvalue weighted by Gasteiger charge is 2.32. The van der Waals surface area contributed by atoms with Crippen LogP contribution in [-0.4, -0.2) is 64.7 Å². The lowest BCUT2D eigenvalue weighted by Gasteiger charge is -2.33. The number of nitrogens with zero attached hydrogens (tertiary/aromatic N) is 5. The Morgan fingerprint density at radius 3 is 2.39 bits per heavy atom. The predicted octanol–water partition coefficient (Wildman–Crippen LogP) is 2.78. The number of hydrogen-bond donors (Lipinski definition) is 0. The second kappa shape index (κ2) is 8.96. The third-order valence-electron chi connectivity index (χ3n) is 5.01. The van der Waals surface area contributed by atoms with Gasteiger partial charge >= 0.3 is 0 Å². The summed E-state index contributed by atoms with van der Waals surface area (Å²) in [5.41, 5.74) is 1.27. The summed E-state index contributed by atoms with van der Waals surface area (Å²) >= 11 is 12.1. The van der Waals surface area contributed by atoms with E-state index in [-0.39, 0.29) is 52.7 Å². The van der Waals surface area contributed by atoms with E-state index >= 15 is 0 Å². The Morgan fingerprint density at radius 2 is 1.68 bits per heavy atom. The Labute approximate surface area is 190 Å². The van der Waals surface area contributed by atoms with E-state index in [1.165, 1.54) is 16.4 Å². The average Bonchev–Trinajstić information content (AvgIpc) is 3.24. The van der Waals surface area contributed by atoms with Gasteiger partial charge in [0.05, 0.1) is 22.8 Å². The van der Waals surface area contributed by atoms with Crippen molar-refractivity contribution in [3.05, 3.63) is 76.0 Å². The first-order chi connectivity index (χ1) is 14.9. The van der Waals surface area contributed by atoms with Gasteiger partial charge in [-0.1, -0.05) is 64.8 Å². The van der Waals surface area contributed by atoms with Crippen LogP contribution < -0.4 is 0 Å². The first-order valence-electron chi connectivity index (χ1n) is 9.54. The lowest BCUT2D eigenvalue weighted by atomic mass is 10.2. The highest BCUT2D eigenvalue weighted by Crippen LogP contribution is 2.31. The smallest absolute Gasteiger partial charge is 0.276 e. The van der Waals surface area contributed by atoms with Crippen molar-refractivity contribution in [2.75, 3.05) is 26.2 Å². The van der Waals surface area contributed by atoms with Crippen LogP contribution in [-0.2, 0) is 16.6 Å². The van der Waals surface area contributed by atoms with Crippen molar-refractivity contribution in [1.29, 1.82) is 0 Å². The molecule has 1 aliphatic heterocycles. The molecule has 0 radical (unpaired) electrons. The highest BCUT2D eigenvalue weighted by atomic mass is 35.5. The van der Waals surface area contributed by atoms with Gasteiger partial charge in [0.25, 0.3) is 5.91 Å². The molecular weight excluding hydrogens is 461 g/mol. The minimum absolute atomic E-state index is 0.00213. The van der Waals surface area contributed by atoms with E-state index in [1.54, 1.807) is 21.8 Å². The number of hydrogen-bond acceptors (Lipinski definition) is 5. The molecule has 0 atom stereocenters. The summed E-state index contributed by atoms with van der Waals surface area (Å²) in [6.07, 6.45) is 1.60. The molecule has 0 bridgehead atoms. The first kappa shape index (κ1) is 21.8. The van der Waals surface area contributed by atoms with Gasteiger partial charge in [-0.25, -0.2) is 13.1 Å². The normalized spacial score (nSPS) is 15.2. The third kappa shape index (κ3) is 4.59. The van der Waals surface area contributed by atoms with Gasteiger partial charge in [-0.05, 0) is 17.7 Å². The molecule has 3 aromatic rings. The van der Waals surface area contributed by atoms with Gasteiger partial charge in [-0.3, -0.25) is 4.79 Å². The Bertz CT molecular complexity index is 1190. The summed E-state index contributed by atoms with van der Waals surface area (Å²) in [5, 5.41) is 8.18. The molecule has 1 aromatic heterocycles. The molecule has 11 heteroatoms. The van der Waals surface area contributed by atoms with Crippen molar-refractivity contribution in [3.63, 3.8) is 0 Å². The van der Waals surface area contributed by atoms with Gasteiger partial charge in [0.1, 0.15) is 4.90 Å². The predicted molar refractivity (Wildman–Crippen MR) is 117 cm³/mol. The standard InChI is InChI=1S/C20H19Cl2N5O3S/c21-16-7-4-8-18(19(16)22)31(29,30)27-11-9-25(10-12-27)20(28)17-14-26(24-23-17)13-15-5-2-1-3-6-15/h1-8,14H,9-13H2. The fourth-order valence-electron chi connectivity index (χ4n) is 3.36. The molecule has 0 N–H and O–H groups in total. The third-order valence-corrected chi connectivity index (χ3v) is 7.88. The first-order valence-corrected chi connectivity index (χ1v) is 11.7. The van der Waals surface area contributed by atoms with E-state index < -0.39 is 10.0 Å². The Morgan fingerprint density at radius 1 is 0.968 bits per heavy atom. The zero-order chi connectivity index (χ0) is 22.0. The molecule has 0 aliphatic carbocycles. The molecule has 0 saturated carbocycles. The molecule has 1 aliphatic rings. The second-order valence-corrected chi connectivity index (χ2v) is 9.73. The maximum atomic E-state index is 12.9. The topological polar surface area (TPSA) is 88.4 Å². The zero-order valence-corrected chi connectivity index (χ0v) is 18.7. The van der Waals surface area contributed by atoms with Crippen LogP contribution >= 0.6 is 23.2 Å². The number of piperazine rings is 1. The fraction of sp³-hybridized carbons (Fsp3) is 0.250. The average molecular weight is 480 g/mol. The van der Waals surface area contributed by atoms with Crippen LogP contribution in [0.1, 0.15) is 16.1 Å². The lowest BCUT2D eigenvalue weighted by molar-refractivity contribution is 0.0692. The van der Waals surface area contributed by atoms with Crippen molar-refractivity contribution >= 4 is 39.1 Å². The van der Waals surface area contributed by atoms with Crippen LogP contribution in [0.3, 0.4) is 0 Å². The van der Waals surface area contributed by atoms with Crippen molar-refractivity contribution in [3.8, 4) is 0 Å². The van der Waals surface area contributed by atoms with Crippen molar-refractivity contribution in [2.24, 2.45) is 0 Å². The van der Waals surface area contributed by atoms with Gasteiger partial charge in [0.2, 0.25) is 10.0 Å². The molecule has 1 amide bonds. The second-order valence-electron chi connectivity index (χ2n) is 7.04. The van der Waals surface area contributed by atoms with Crippen LogP contribution in [0.25, 0.3) is 0 Å². The molecule has 0 spiro atoms. The van der Waals surface area contributed by atoms with Crippen molar-refractivity contribution in [2.45, 2.75) is 11.4 Å². The van der Waals surface area contributed by atoms with Gasteiger partial charge < -0.3 is 4.90 Å². The van der Waals surface area contributed by atoms with Gasteiger partial charge in [-0.2, -0.15) is 4.31 Å². The quantitative estimate of drug-likeness (QED) is 0.561. The summed E-state index contributed by atoms with van der Waals surface area (Å²) in [7, 11) is -3.81. The maximum Gasteiger partial charge on any atom is 0.276 e. The van der Waals surface area contributed by atoms with Gasteiger partial charge in [0.15, 0.2) is 5.69 Å². The van der Waals surface area contributed by atoms with Crippen LogP contribution in [0.2, 0.25) is 10.0 Å². The Balaban J connectivity index is 1.41. The van der Waals surface area contributed by atoms with Crippen LogP contribution in [0.4, 0.5) is 0 Å². The minimum Gasteiger partial charge on any atom is -0.335 e. The molecule has 2 heterocycles. The summed E-state index contributed by atoms with van der Waals surface area (Å²) < 4.78 is 28.8. The zero-order valence-electron chi connectivity index (χ0n) is 16.4. The fourth-order valence-corrected chi connectivity index (χ4v) is 5.52. The number of amides is 1. The van der Waals surface area contributed by atoms with Gasteiger partial charge in [-0.15, -0.1) is 5.10 Å². The summed E-state index contributed by atoms with van der Waals surface area (Å²) in [6.45, 7) is 1.28. The number of rotatable bonds is 5. The number of carbonyl (C=O) groups is 1. The van der Waals surface area contributed by atoms with Crippen molar-refractivity contribution < 1.29 is 13.2 Å². The van der Waals surface area contributed by atoms with E-state index in [0.29, 0.717) is 6.54 Å². The maximum absolute atomic E-state index is 12.9. The molecule has 0 unspecified atom stereocenters. The molecule has 1 fully saturated rings. The number of halogens is 2. The van der Waals surface area contributed by atoms with E-state index in [0.717, 1.165) is 5.56 Å². The van der Waals surface area contributed by atoms with E-state index in [4.69, 9.17) is 23.2 Å². The molecular formula is C20H19Cl2N5O3S. The van der Waals surface area contributed by atoms with Crippen LogP contribution in [0.15, 0.2) is 59.6 Å². The summed E-state index contributed by atoms with van der Waals surface area (Å²) in [5.74, 6) is -0.280. The van der Waals surface area contributed by atoms with Crippen LogP contribution in [0.5, 0.6) is 0 Å². The number of benzene rings is 2. The Hall–Kier alpha value is -2.46. The molecule has 31 heavy (non-hydrogen) atoms. The Kier molecular flexibility index (Phi) is 6.29. The van der Waals surface area contributed by atoms with E-state index in [2.05, 4.69) is 10.3 Å². The molecule has 162 valence electrons. The molecule has 2 aromatic carbocycles. The number of carbonyl (C=O) groups excluding carboxylic acids is 1. The monoisotopic (exact) mass is 479 g/mol. The van der Waals surface area contributed by atoms with Gasteiger partial charge in [0, 0.05) is 26.2 Å². The SMILES string of the molecule is O=C(c1cn(Cc2ccccc2)nn1)N1CCN(S(=O)(=O)c2cccc(Cl)c2Cl)CC1. The molecule has 4 rings (SSSR count). The molecule has 1 saturated heterocycles. The van der Waals surface area contributed by atoms with E-state index in [1.807, 2.05) is 30.3 Å². The van der Waals surface area contributed by atoms with Crippen LogP contribution in [0, 0.1) is 0 Å². The summed E-state index contributed by atoms with van der Waals surface area (Å²) in [4.78, 5) is 14.3. The lowest BCUT2D eigenvalue weighted by Crippen LogP contribution is -2.50. The number of sulfonamides is 1. The largest absolute Gasteiger partial charge is 0.335 e. The number of aromatic nitrogens is 3. The summed E-state index contributed by atoms with van der Waals surface area (Å²) in [6, 6.07) is 14.2. The minimum atomic E-state index is -3.81. The van der Waals surface area contributed by atoms with Crippen molar-refractivity contribution in [1.82, 2.24) is 24.2 Å². The van der Waals surface area contributed by atoms with E-state index in [9.17, 15) is 13.2 Å². The molecule has 8 nitrogen and oxygen atoms in total. The highest BCUT2D eigenvalue weighted by molar-refractivity contribution is 7.89.